The summed E-state index contributed by atoms with van der Waals surface area (Å²) in [7, 11) is 0. The lowest BCUT2D eigenvalue weighted by atomic mass is 9.53. The molecule has 0 amide bonds. The average molecular weight is 431 g/mol. The van der Waals surface area contributed by atoms with Crippen molar-refractivity contribution in [3.63, 3.8) is 0 Å². The summed E-state index contributed by atoms with van der Waals surface area (Å²) in [5, 5.41) is 3.99. The summed E-state index contributed by atoms with van der Waals surface area (Å²) in [6.07, 6.45) is 12.7. The largest absolute Gasteiger partial charge is 0.380 e. The predicted molar refractivity (Wildman–Crippen MR) is 130 cm³/mol. The van der Waals surface area contributed by atoms with E-state index in [1.54, 1.807) is 12.1 Å². The minimum Gasteiger partial charge on any atom is -0.380 e. The van der Waals surface area contributed by atoms with E-state index in [0.717, 1.165) is 53.0 Å². The van der Waals surface area contributed by atoms with Crippen LogP contribution in [0.3, 0.4) is 0 Å². The molecule has 168 valence electrons. The first-order valence-electron chi connectivity index (χ1n) is 12.8. The zero-order valence-corrected chi connectivity index (χ0v) is 19.2. The van der Waals surface area contributed by atoms with E-state index in [2.05, 4.69) is 36.5 Å². The van der Waals surface area contributed by atoms with Crippen LogP contribution < -0.4 is 5.32 Å². The van der Waals surface area contributed by atoms with Gasteiger partial charge in [-0.2, -0.15) is 0 Å². The van der Waals surface area contributed by atoms with E-state index < -0.39 is 0 Å². The van der Waals surface area contributed by atoms with Gasteiger partial charge in [0.2, 0.25) is 0 Å². The molecule has 4 bridgehead atoms. The molecule has 4 fully saturated rings. The van der Waals surface area contributed by atoms with Gasteiger partial charge in [-0.05, 0) is 105 Å². The fraction of sp³-hybridized carbons (Fsp3) is 0.552. The van der Waals surface area contributed by atoms with Crippen LogP contribution in [-0.4, -0.2) is 17.3 Å². The van der Waals surface area contributed by atoms with Crippen LogP contribution in [0.1, 0.15) is 81.4 Å². The van der Waals surface area contributed by atoms with Crippen molar-refractivity contribution in [2.24, 2.45) is 22.7 Å². The third kappa shape index (κ3) is 3.78. The normalized spacial score (nSPS) is 32.5. The predicted octanol–water partition coefficient (Wildman–Crippen LogP) is 7.16. The minimum absolute atomic E-state index is 0.144. The van der Waals surface area contributed by atoms with Gasteiger partial charge in [-0.3, -0.25) is 4.99 Å². The van der Waals surface area contributed by atoms with E-state index in [1.807, 2.05) is 6.07 Å². The quantitative estimate of drug-likeness (QED) is 0.517. The molecule has 1 atom stereocenters. The van der Waals surface area contributed by atoms with Gasteiger partial charge >= 0.3 is 0 Å². The van der Waals surface area contributed by atoms with Crippen molar-refractivity contribution in [2.75, 3.05) is 5.32 Å². The summed E-state index contributed by atoms with van der Waals surface area (Å²) < 4.78 is 14.0. The number of hydrogen-bond acceptors (Lipinski definition) is 2. The first-order valence-corrected chi connectivity index (χ1v) is 12.8. The number of rotatable bonds is 6. The molecule has 0 spiro atoms. The van der Waals surface area contributed by atoms with E-state index in [1.165, 1.54) is 57.1 Å². The maximum absolute atomic E-state index is 14.0. The molecule has 2 aromatic carbocycles. The number of benzene rings is 2. The lowest BCUT2D eigenvalue weighted by Gasteiger charge is -2.57. The second-order valence-corrected chi connectivity index (χ2v) is 11.2. The zero-order chi connectivity index (χ0) is 21.7. The van der Waals surface area contributed by atoms with E-state index in [-0.39, 0.29) is 11.9 Å². The van der Waals surface area contributed by atoms with Crippen LogP contribution in [0.25, 0.3) is 0 Å². The fourth-order valence-electron chi connectivity index (χ4n) is 7.63. The van der Waals surface area contributed by atoms with Crippen molar-refractivity contribution in [3.05, 3.63) is 65.0 Å². The Morgan fingerprint density at radius 3 is 2.31 bits per heavy atom. The Morgan fingerprint density at radius 1 is 0.969 bits per heavy atom. The molecule has 2 aromatic rings. The number of aliphatic imine (C=N–C) groups is 1. The summed E-state index contributed by atoms with van der Waals surface area (Å²) in [6.45, 7) is 2.22. The number of halogens is 1. The Hall–Kier alpha value is -2.16. The lowest BCUT2D eigenvalue weighted by Crippen LogP contribution is -2.54. The summed E-state index contributed by atoms with van der Waals surface area (Å²) in [4.78, 5) is 5.14. The monoisotopic (exact) mass is 430 g/mol. The van der Waals surface area contributed by atoms with Crippen molar-refractivity contribution in [1.29, 1.82) is 0 Å². The smallest absolute Gasteiger partial charge is 0.123 e. The first-order chi connectivity index (χ1) is 15.6. The van der Waals surface area contributed by atoms with Crippen LogP contribution in [0, 0.1) is 23.6 Å². The summed E-state index contributed by atoms with van der Waals surface area (Å²) in [5.41, 5.74) is 5.96. The molecule has 4 aliphatic carbocycles. The molecule has 7 rings (SSSR count). The molecule has 5 aliphatic rings. The molecule has 0 unspecified atom stereocenters. The van der Waals surface area contributed by atoms with Gasteiger partial charge in [-0.1, -0.05) is 31.9 Å². The van der Waals surface area contributed by atoms with E-state index in [4.69, 9.17) is 4.99 Å². The van der Waals surface area contributed by atoms with Gasteiger partial charge in [0.25, 0.3) is 0 Å². The van der Waals surface area contributed by atoms with Crippen molar-refractivity contribution in [2.45, 2.75) is 82.7 Å². The van der Waals surface area contributed by atoms with Crippen LogP contribution in [-0.2, 0) is 6.42 Å². The van der Waals surface area contributed by atoms with Crippen LogP contribution in [0.2, 0.25) is 0 Å². The summed E-state index contributed by atoms with van der Waals surface area (Å²) >= 11 is 0. The molecule has 4 saturated carbocycles. The maximum atomic E-state index is 14.0. The number of hydrogen-bond donors (Lipinski definition) is 1. The van der Waals surface area contributed by atoms with Gasteiger partial charge in [0.15, 0.2) is 0 Å². The molecule has 32 heavy (non-hydrogen) atoms. The highest BCUT2D eigenvalue weighted by Gasteiger charge is 2.50. The molecule has 1 heterocycles. The molecular weight excluding hydrogens is 395 g/mol. The van der Waals surface area contributed by atoms with E-state index in [9.17, 15) is 4.39 Å². The first kappa shape index (κ1) is 20.4. The Bertz CT molecular complexity index is 987. The third-order valence-corrected chi connectivity index (χ3v) is 8.59. The SMILES string of the molecule is CCCC[C@H]1Cc2cc(F)ccc2C(c2ccc(NC34CC5CC(CC(C5)C3)C4)cc2)=N1. The molecular formula is C29H35FN2. The molecule has 0 radical (unpaired) electrons. The van der Waals surface area contributed by atoms with Gasteiger partial charge in [-0.15, -0.1) is 0 Å². The Morgan fingerprint density at radius 2 is 1.66 bits per heavy atom. The summed E-state index contributed by atoms with van der Waals surface area (Å²) in [5.74, 6) is 2.69. The minimum atomic E-state index is -0.144. The van der Waals surface area contributed by atoms with Crippen molar-refractivity contribution >= 4 is 11.4 Å². The Balaban J connectivity index is 1.25. The van der Waals surface area contributed by atoms with Crippen LogP contribution in [0.15, 0.2) is 47.5 Å². The third-order valence-electron chi connectivity index (χ3n) is 8.59. The highest BCUT2D eigenvalue weighted by atomic mass is 19.1. The Labute approximate surface area is 191 Å². The summed E-state index contributed by atoms with van der Waals surface area (Å²) in [6, 6.07) is 14.4. The highest BCUT2D eigenvalue weighted by molar-refractivity contribution is 6.14. The molecule has 3 heteroatoms. The average Bonchev–Trinajstić information content (AvgIpc) is 2.76. The van der Waals surface area contributed by atoms with Gasteiger partial charge in [0, 0.05) is 22.4 Å². The van der Waals surface area contributed by atoms with E-state index >= 15 is 0 Å². The maximum Gasteiger partial charge on any atom is 0.123 e. The van der Waals surface area contributed by atoms with Gasteiger partial charge in [0.05, 0.1) is 11.8 Å². The van der Waals surface area contributed by atoms with Crippen LogP contribution in [0.5, 0.6) is 0 Å². The number of unbranched alkanes of at least 4 members (excludes halogenated alkanes) is 1. The van der Waals surface area contributed by atoms with Gasteiger partial charge < -0.3 is 5.32 Å². The Kier molecular flexibility index (Phi) is 5.12. The lowest BCUT2D eigenvalue weighted by molar-refractivity contribution is 0.0107. The zero-order valence-electron chi connectivity index (χ0n) is 19.2. The highest BCUT2D eigenvalue weighted by Crippen LogP contribution is 2.56. The van der Waals surface area contributed by atoms with Crippen molar-refractivity contribution < 1.29 is 4.39 Å². The van der Waals surface area contributed by atoms with E-state index in [0.29, 0.717) is 5.54 Å². The second-order valence-electron chi connectivity index (χ2n) is 11.2. The number of fused-ring (bicyclic) bond motifs is 1. The van der Waals surface area contributed by atoms with Crippen molar-refractivity contribution in [3.8, 4) is 0 Å². The molecule has 0 aromatic heterocycles. The van der Waals surface area contributed by atoms with Crippen molar-refractivity contribution in [1.82, 2.24) is 0 Å². The van der Waals surface area contributed by atoms with Gasteiger partial charge in [-0.25, -0.2) is 4.39 Å². The fourth-order valence-corrected chi connectivity index (χ4v) is 7.63. The van der Waals surface area contributed by atoms with Gasteiger partial charge in [0.1, 0.15) is 5.82 Å². The van der Waals surface area contributed by atoms with Crippen LogP contribution in [0.4, 0.5) is 10.1 Å². The second kappa shape index (κ2) is 8.01. The molecule has 2 nitrogen and oxygen atoms in total. The molecule has 1 aliphatic heterocycles. The molecule has 1 N–H and O–H groups in total. The topological polar surface area (TPSA) is 24.4 Å². The number of nitrogens with zero attached hydrogens (tertiary/aromatic N) is 1. The number of anilines is 1. The number of nitrogens with one attached hydrogen (secondary N) is 1. The standard InChI is InChI=1S/C29H35FN2/c1-2-3-4-26-15-23-14-24(30)7-10-27(23)28(31-26)22-5-8-25(9-6-22)32-29-16-19-11-20(17-29)13-21(12-19)18-29/h5-10,14,19-21,26,32H,2-4,11-13,15-18H2,1H3/t19?,20?,21?,26-,29?/m0/s1. The molecule has 0 saturated heterocycles. The van der Waals surface area contributed by atoms with Crippen LogP contribution >= 0.6 is 0 Å².